The van der Waals surface area contributed by atoms with Crippen molar-refractivity contribution in [3.05, 3.63) is 58.1 Å². The molecule has 24 heavy (non-hydrogen) atoms. The molecule has 130 valence electrons. The Balaban J connectivity index is 2.15. The highest BCUT2D eigenvalue weighted by Gasteiger charge is 2.13. The summed E-state index contributed by atoms with van der Waals surface area (Å²) in [5.41, 5.74) is 9.52. The van der Waals surface area contributed by atoms with E-state index in [1.165, 1.54) is 5.56 Å². The van der Waals surface area contributed by atoms with Crippen molar-refractivity contribution in [2.75, 3.05) is 20.3 Å². The fourth-order valence-electron chi connectivity index (χ4n) is 2.78. The van der Waals surface area contributed by atoms with Gasteiger partial charge < -0.3 is 15.2 Å². The summed E-state index contributed by atoms with van der Waals surface area (Å²) in [6.45, 7) is 5.38. The quantitative estimate of drug-likeness (QED) is 0.750. The van der Waals surface area contributed by atoms with E-state index >= 15 is 0 Å². The molecule has 0 radical (unpaired) electrons. The normalized spacial score (nSPS) is 12.0. The lowest BCUT2D eigenvalue weighted by Crippen LogP contribution is -2.15. The van der Waals surface area contributed by atoms with E-state index in [0.29, 0.717) is 18.2 Å². The highest BCUT2D eigenvalue weighted by molar-refractivity contribution is 6.32. The Bertz CT molecular complexity index is 673. The molecule has 4 heteroatoms. The molecule has 1 atom stereocenters. The molecule has 0 amide bonds. The number of methoxy groups -OCH3 is 1. The van der Waals surface area contributed by atoms with Gasteiger partial charge in [0.2, 0.25) is 0 Å². The van der Waals surface area contributed by atoms with Gasteiger partial charge in [-0.1, -0.05) is 36.7 Å². The van der Waals surface area contributed by atoms with Crippen LogP contribution >= 0.6 is 11.6 Å². The summed E-state index contributed by atoms with van der Waals surface area (Å²) >= 11 is 6.33. The summed E-state index contributed by atoms with van der Waals surface area (Å²) in [7, 11) is 1.69. The summed E-state index contributed by atoms with van der Waals surface area (Å²) < 4.78 is 11.0. The standard InChI is InChI=1S/C20H26ClNO2/c1-4-9-24-20-7-5-15(12-18(20)21)11-17(13-22)16-6-8-19(23-3)14(2)10-16/h5-8,10,12,17H,4,9,11,13,22H2,1-3H3. The van der Waals surface area contributed by atoms with E-state index < -0.39 is 0 Å². The average molecular weight is 348 g/mol. The molecule has 2 rings (SSSR count). The number of nitrogens with two attached hydrogens (primary N) is 1. The maximum Gasteiger partial charge on any atom is 0.137 e. The van der Waals surface area contributed by atoms with Crippen LogP contribution < -0.4 is 15.2 Å². The van der Waals surface area contributed by atoms with Gasteiger partial charge in [0.15, 0.2) is 0 Å². The van der Waals surface area contributed by atoms with E-state index in [4.69, 9.17) is 26.8 Å². The molecule has 0 spiro atoms. The Morgan fingerprint density at radius 2 is 1.88 bits per heavy atom. The molecule has 0 saturated heterocycles. The lowest BCUT2D eigenvalue weighted by molar-refractivity contribution is 0.317. The first-order chi connectivity index (χ1) is 11.6. The minimum absolute atomic E-state index is 0.244. The Kier molecular flexibility index (Phi) is 6.95. The minimum atomic E-state index is 0.244. The molecule has 0 aliphatic heterocycles. The number of rotatable bonds is 8. The zero-order valence-corrected chi connectivity index (χ0v) is 15.4. The Morgan fingerprint density at radius 1 is 1.12 bits per heavy atom. The maximum absolute atomic E-state index is 6.33. The summed E-state index contributed by atoms with van der Waals surface area (Å²) in [5.74, 6) is 1.88. The van der Waals surface area contributed by atoms with E-state index in [0.717, 1.165) is 35.5 Å². The monoisotopic (exact) mass is 347 g/mol. The van der Waals surface area contributed by atoms with E-state index in [1.54, 1.807) is 7.11 Å². The largest absolute Gasteiger partial charge is 0.496 e. The van der Waals surface area contributed by atoms with Gasteiger partial charge in [0.25, 0.3) is 0 Å². The fraction of sp³-hybridized carbons (Fsp3) is 0.400. The number of benzene rings is 2. The first-order valence-electron chi connectivity index (χ1n) is 8.34. The number of ether oxygens (including phenoxy) is 2. The van der Waals surface area contributed by atoms with Crippen molar-refractivity contribution in [1.82, 2.24) is 0 Å². The highest BCUT2D eigenvalue weighted by Crippen LogP contribution is 2.30. The zero-order valence-electron chi connectivity index (χ0n) is 14.6. The second-order valence-corrected chi connectivity index (χ2v) is 6.39. The molecule has 0 bridgehead atoms. The van der Waals surface area contributed by atoms with Crippen molar-refractivity contribution in [3.8, 4) is 11.5 Å². The van der Waals surface area contributed by atoms with E-state index in [1.807, 2.05) is 25.1 Å². The number of hydrogen-bond donors (Lipinski definition) is 1. The molecule has 2 N–H and O–H groups in total. The molecule has 1 unspecified atom stereocenters. The Morgan fingerprint density at radius 3 is 2.46 bits per heavy atom. The third-order valence-electron chi connectivity index (χ3n) is 4.11. The summed E-state index contributed by atoms with van der Waals surface area (Å²) in [6, 6.07) is 12.2. The van der Waals surface area contributed by atoms with Gasteiger partial charge in [-0.05, 0) is 61.2 Å². The number of aryl methyl sites for hydroxylation is 1. The van der Waals surface area contributed by atoms with Crippen molar-refractivity contribution in [2.45, 2.75) is 32.6 Å². The van der Waals surface area contributed by atoms with E-state index in [9.17, 15) is 0 Å². The van der Waals surface area contributed by atoms with Gasteiger partial charge in [-0.2, -0.15) is 0 Å². The fourth-order valence-corrected chi connectivity index (χ4v) is 3.04. The van der Waals surface area contributed by atoms with Gasteiger partial charge in [-0.25, -0.2) is 0 Å². The van der Waals surface area contributed by atoms with Gasteiger partial charge in [0, 0.05) is 5.92 Å². The molecular weight excluding hydrogens is 322 g/mol. The van der Waals surface area contributed by atoms with Gasteiger partial charge in [0.05, 0.1) is 18.7 Å². The number of halogens is 1. The van der Waals surface area contributed by atoms with Crippen LogP contribution in [0.2, 0.25) is 5.02 Å². The predicted molar refractivity (Wildman–Crippen MR) is 100 cm³/mol. The lowest BCUT2D eigenvalue weighted by Gasteiger charge is -2.18. The zero-order chi connectivity index (χ0) is 17.5. The van der Waals surface area contributed by atoms with Crippen LogP contribution in [-0.4, -0.2) is 20.3 Å². The third kappa shape index (κ3) is 4.65. The van der Waals surface area contributed by atoms with Crippen LogP contribution in [0.25, 0.3) is 0 Å². The van der Waals surface area contributed by atoms with Gasteiger partial charge in [0.1, 0.15) is 11.5 Å². The molecular formula is C20H26ClNO2. The molecule has 0 fully saturated rings. The van der Waals surface area contributed by atoms with Crippen molar-refractivity contribution in [1.29, 1.82) is 0 Å². The second kappa shape index (κ2) is 8.95. The average Bonchev–Trinajstić information content (AvgIpc) is 2.59. The van der Waals surface area contributed by atoms with Crippen LogP contribution in [0.4, 0.5) is 0 Å². The first-order valence-corrected chi connectivity index (χ1v) is 8.72. The van der Waals surface area contributed by atoms with Crippen LogP contribution in [0.5, 0.6) is 11.5 Å². The van der Waals surface area contributed by atoms with Crippen molar-refractivity contribution >= 4 is 11.6 Å². The summed E-state index contributed by atoms with van der Waals surface area (Å²) in [6.07, 6.45) is 1.81. The molecule has 3 nitrogen and oxygen atoms in total. The van der Waals surface area contributed by atoms with Crippen molar-refractivity contribution in [3.63, 3.8) is 0 Å². The summed E-state index contributed by atoms with van der Waals surface area (Å²) in [5, 5.41) is 0.655. The molecule has 2 aromatic rings. The lowest BCUT2D eigenvalue weighted by atomic mass is 9.91. The molecule has 2 aromatic carbocycles. The smallest absolute Gasteiger partial charge is 0.137 e. The van der Waals surface area contributed by atoms with Gasteiger partial charge in [-0.3, -0.25) is 0 Å². The van der Waals surface area contributed by atoms with E-state index in [2.05, 4.69) is 25.1 Å². The molecule has 0 aromatic heterocycles. The second-order valence-electron chi connectivity index (χ2n) is 5.98. The van der Waals surface area contributed by atoms with Crippen LogP contribution in [0.1, 0.15) is 36.0 Å². The number of hydrogen-bond acceptors (Lipinski definition) is 3. The predicted octanol–water partition coefficient (Wildman–Crippen LogP) is 4.73. The third-order valence-corrected chi connectivity index (χ3v) is 4.41. The van der Waals surface area contributed by atoms with Crippen LogP contribution in [0.15, 0.2) is 36.4 Å². The molecule has 0 aliphatic carbocycles. The topological polar surface area (TPSA) is 44.5 Å². The summed E-state index contributed by atoms with van der Waals surface area (Å²) in [4.78, 5) is 0. The minimum Gasteiger partial charge on any atom is -0.496 e. The van der Waals surface area contributed by atoms with E-state index in [-0.39, 0.29) is 5.92 Å². The first kappa shape index (κ1) is 18.6. The van der Waals surface area contributed by atoms with Gasteiger partial charge >= 0.3 is 0 Å². The highest BCUT2D eigenvalue weighted by atomic mass is 35.5. The van der Waals surface area contributed by atoms with Crippen LogP contribution in [-0.2, 0) is 6.42 Å². The van der Waals surface area contributed by atoms with Crippen molar-refractivity contribution < 1.29 is 9.47 Å². The van der Waals surface area contributed by atoms with Crippen LogP contribution in [0, 0.1) is 6.92 Å². The Hall–Kier alpha value is -1.71. The molecule has 0 saturated carbocycles. The maximum atomic E-state index is 6.33. The Labute approximate surface area is 149 Å². The van der Waals surface area contributed by atoms with Crippen molar-refractivity contribution in [2.24, 2.45) is 5.73 Å². The van der Waals surface area contributed by atoms with Gasteiger partial charge in [-0.15, -0.1) is 0 Å². The molecule has 0 aliphatic rings. The van der Waals surface area contributed by atoms with Crippen LogP contribution in [0.3, 0.4) is 0 Å². The molecule has 0 heterocycles. The SMILES string of the molecule is CCCOc1ccc(CC(CN)c2ccc(OC)c(C)c2)cc1Cl.